The normalized spacial score (nSPS) is 20.8. The van der Waals surface area contributed by atoms with Gasteiger partial charge in [0.2, 0.25) is 0 Å². The van der Waals surface area contributed by atoms with Crippen molar-refractivity contribution in [1.82, 2.24) is 5.32 Å². The smallest absolute Gasteiger partial charge is 0.0931 e. The van der Waals surface area contributed by atoms with Gasteiger partial charge >= 0.3 is 0 Å². The molecule has 1 aliphatic rings. The van der Waals surface area contributed by atoms with E-state index in [0.717, 1.165) is 10.4 Å². The van der Waals surface area contributed by atoms with Crippen LogP contribution < -0.4 is 5.32 Å². The fourth-order valence-corrected chi connectivity index (χ4v) is 2.80. The first kappa shape index (κ1) is 10.5. The van der Waals surface area contributed by atoms with Crippen LogP contribution in [-0.2, 0) is 0 Å². The first-order chi connectivity index (χ1) is 6.66. The zero-order valence-electron chi connectivity index (χ0n) is 8.59. The summed E-state index contributed by atoms with van der Waals surface area (Å²) in [6, 6.07) is 5.46. The maximum Gasteiger partial charge on any atom is 0.0931 e. The molecule has 1 fully saturated rings. The summed E-state index contributed by atoms with van der Waals surface area (Å²) in [5.41, 5.74) is 0. The average Bonchev–Trinajstić information content (AvgIpc) is 2.85. The Bertz CT molecular complexity index is 306. The SMILES string of the molecule is CC(NC1CC1)C(C)c1ccc(Cl)s1. The molecule has 2 unspecified atom stereocenters. The van der Waals surface area contributed by atoms with Gasteiger partial charge in [-0.3, -0.25) is 0 Å². The molecule has 1 aromatic heterocycles. The van der Waals surface area contributed by atoms with E-state index < -0.39 is 0 Å². The number of thiophene rings is 1. The molecule has 2 rings (SSSR count). The van der Waals surface area contributed by atoms with Crippen molar-refractivity contribution >= 4 is 22.9 Å². The molecule has 0 aromatic carbocycles. The molecule has 1 saturated carbocycles. The first-order valence-electron chi connectivity index (χ1n) is 5.18. The highest BCUT2D eigenvalue weighted by Gasteiger charge is 2.25. The molecule has 14 heavy (non-hydrogen) atoms. The molecule has 0 spiro atoms. The second-order valence-electron chi connectivity index (χ2n) is 4.16. The minimum atomic E-state index is 0.553. The predicted molar refractivity (Wildman–Crippen MR) is 63.4 cm³/mol. The van der Waals surface area contributed by atoms with Crippen LogP contribution in [0.25, 0.3) is 0 Å². The number of hydrogen-bond donors (Lipinski definition) is 1. The lowest BCUT2D eigenvalue weighted by Gasteiger charge is -2.19. The summed E-state index contributed by atoms with van der Waals surface area (Å²) in [6.45, 7) is 4.53. The van der Waals surface area contributed by atoms with Crippen LogP contribution in [0.2, 0.25) is 4.34 Å². The summed E-state index contributed by atoms with van der Waals surface area (Å²) in [6.07, 6.45) is 2.70. The minimum Gasteiger partial charge on any atom is -0.311 e. The highest BCUT2D eigenvalue weighted by molar-refractivity contribution is 7.16. The van der Waals surface area contributed by atoms with Gasteiger partial charge in [0.05, 0.1) is 4.34 Å². The van der Waals surface area contributed by atoms with Gasteiger partial charge in [0, 0.05) is 22.9 Å². The Morgan fingerprint density at radius 2 is 2.14 bits per heavy atom. The van der Waals surface area contributed by atoms with Crippen LogP contribution >= 0.6 is 22.9 Å². The summed E-state index contributed by atoms with van der Waals surface area (Å²) >= 11 is 7.62. The molecule has 2 atom stereocenters. The van der Waals surface area contributed by atoms with Crippen molar-refractivity contribution < 1.29 is 0 Å². The van der Waals surface area contributed by atoms with Crippen LogP contribution in [0.15, 0.2) is 12.1 Å². The zero-order valence-corrected chi connectivity index (χ0v) is 10.2. The van der Waals surface area contributed by atoms with Crippen LogP contribution in [0.1, 0.15) is 37.5 Å². The van der Waals surface area contributed by atoms with E-state index in [1.54, 1.807) is 11.3 Å². The van der Waals surface area contributed by atoms with Crippen molar-refractivity contribution in [2.24, 2.45) is 0 Å². The maximum absolute atomic E-state index is 5.93. The summed E-state index contributed by atoms with van der Waals surface area (Å²) in [5, 5.41) is 3.62. The van der Waals surface area contributed by atoms with Gasteiger partial charge in [-0.1, -0.05) is 18.5 Å². The van der Waals surface area contributed by atoms with Crippen LogP contribution in [0.3, 0.4) is 0 Å². The van der Waals surface area contributed by atoms with Crippen molar-refractivity contribution in [1.29, 1.82) is 0 Å². The Morgan fingerprint density at radius 1 is 1.43 bits per heavy atom. The molecule has 0 saturated heterocycles. The van der Waals surface area contributed by atoms with Crippen LogP contribution in [0.4, 0.5) is 0 Å². The highest BCUT2D eigenvalue weighted by Crippen LogP contribution is 2.31. The lowest BCUT2D eigenvalue weighted by Crippen LogP contribution is -2.32. The lowest BCUT2D eigenvalue weighted by molar-refractivity contribution is 0.483. The highest BCUT2D eigenvalue weighted by atomic mass is 35.5. The predicted octanol–water partition coefficient (Wildman–Crippen LogP) is 3.65. The first-order valence-corrected chi connectivity index (χ1v) is 6.37. The van der Waals surface area contributed by atoms with E-state index >= 15 is 0 Å². The van der Waals surface area contributed by atoms with E-state index in [0.29, 0.717) is 12.0 Å². The molecule has 1 nitrogen and oxygen atoms in total. The van der Waals surface area contributed by atoms with E-state index in [2.05, 4.69) is 25.2 Å². The zero-order chi connectivity index (χ0) is 10.1. The molecular weight excluding hydrogens is 214 g/mol. The standard InChI is InChI=1S/C11H16ClNS/c1-7(8(2)13-9-3-4-9)10-5-6-11(12)14-10/h5-9,13H,3-4H2,1-2H3. The Kier molecular flexibility index (Phi) is 3.15. The molecule has 3 heteroatoms. The van der Waals surface area contributed by atoms with Gasteiger partial charge in [0.25, 0.3) is 0 Å². The van der Waals surface area contributed by atoms with E-state index in [9.17, 15) is 0 Å². The molecule has 0 aliphatic heterocycles. The van der Waals surface area contributed by atoms with Crippen LogP contribution in [0, 0.1) is 0 Å². The topological polar surface area (TPSA) is 12.0 Å². The third kappa shape index (κ3) is 2.50. The van der Waals surface area contributed by atoms with Gasteiger partial charge in [-0.2, -0.15) is 0 Å². The van der Waals surface area contributed by atoms with Crippen molar-refractivity contribution in [3.63, 3.8) is 0 Å². The molecular formula is C11H16ClNS. The summed E-state index contributed by atoms with van der Waals surface area (Å²) in [7, 11) is 0. The van der Waals surface area contributed by atoms with E-state index in [4.69, 9.17) is 11.6 Å². The molecule has 1 heterocycles. The fourth-order valence-electron chi connectivity index (χ4n) is 1.59. The summed E-state index contributed by atoms with van der Waals surface area (Å²) in [4.78, 5) is 1.38. The van der Waals surface area contributed by atoms with E-state index in [1.165, 1.54) is 17.7 Å². The van der Waals surface area contributed by atoms with Gasteiger partial charge in [-0.05, 0) is 31.9 Å². The van der Waals surface area contributed by atoms with Crippen molar-refractivity contribution in [2.45, 2.75) is 44.7 Å². The maximum atomic E-state index is 5.93. The fraction of sp³-hybridized carbons (Fsp3) is 0.636. The number of hydrogen-bond acceptors (Lipinski definition) is 2. The Labute approximate surface area is 94.5 Å². The summed E-state index contributed by atoms with van der Waals surface area (Å²) in [5.74, 6) is 0.563. The number of rotatable bonds is 4. The molecule has 1 N–H and O–H groups in total. The Morgan fingerprint density at radius 3 is 2.64 bits per heavy atom. The van der Waals surface area contributed by atoms with Crippen molar-refractivity contribution in [3.05, 3.63) is 21.3 Å². The number of nitrogens with one attached hydrogen (secondary N) is 1. The molecule has 1 aliphatic carbocycles. The largest absolute Gasteiger partial charge is 0.311 e. The Balaban J connectivity index is 1.95. The summed E-state index contributed by atoms with van der Waals surface area (Å²) < 4.78 is 0.894. The van der Waals surface area contributed by atoms with Gasteiger partial charge in [0.15, 0.2) is 0 Å². The second kappa shape index (κ2) is 4.21. The van der Waals surface area contributed by atoms with Crippen LogP contribution in [-0.4, -0.2) is 12.1 Å². The van der Waals surface area contributed by atoms with Gasteiger partial charge in [-0.15, -0.1) is 11.3 Å². The third-order valence-corrected chi connectivity index (χ3v) is 4.30. The van der Waals surface area contributed by atoms with Crippen molar-refractivity contribution in [2.75, 3.05) is 0 Å². The van der Waals surface area contributed by atoms with Gasteiger partial charge in [0.1, 0.15) is 0 Å². The molecule has 1 aromatic rings. The molecule has 0 bridgehead atoms. The molecule has 0 radical (unpaired) electrons. The quantitative estimate of drug-likeness (QED) is 0.831. The van der Waals surface area contributed by atoms with Crippen LogP contribution in [0.5, 0.6) is 0 Å². The Hall–Kier alpha value is -0.0500. The minimum absolute atomic E-state index is 0.553. The molecule has 0 amide bonds. The number of halogens is 1. The van der Waals surface area contributed by atoms with Crippen molar-refractivity contribution in [3.8, 4) is 0 Å². The van der Waals surface area contributed by atoms with E-state index in [-0.39, 0.29) is 0 Å². The third-order valence-electron chi connectivity index (χ3n) is 2.87. The van der Waals surface area contributed by atoms with Gasteiger partial charge in [-0.25, -0.2) is 0 Å². The van der Waals surface area contributed by atoms with E-state index in [1.807, 2.05) is 6.07 Å². The molecule has 78 valence electrons. The monoisotopic (exact) mass is 229 g/mol. The lowest BCUT2D eigenvalue weighted by atomic mass is 10.0. The average molecular weight is 230 g/mol. The van der Waals surface area contributed by atoms with Gasteiger partial charge < -0.3 is 5.32 Å². The second-order valence-corrected chi connectivity index (χ2v) is 5.91.